The number of piperidine rings is 1. The number of rotatable bonds is 5. The van der Waals surface area contributed by atoms with Crippen LogP contribution in [-0.2, 0) is 4.74 Å². The molecule has 24 heavy (non-hydrogen) atoms. The average Bonchev–Trinajstić information content (AvgIpc) is 2.91. The molecule has 8 heteroatoms. The summed E-state index contributed by atoms with van der Waals surface area (Å²) in [7, 11) is 0. The van der Waals surface area contributed by atoms with E-state index >= 15 is 0 Å². The molecule has 2 aromatic heterocycles. The molecule has 0 atom stereocenters. The molecular formula is C16H21FN4O3. The molecule has 0 aliphatic carbocycles. The van der Waals surface area contributed by atoms with E-state index in [1.165, 1.54) is 0 Å². The van der Waals surface area contributed by atoms with Crippen LogP contribution >= 0.6 is 0 Å². The largest absolute Gasteiger partial charge is 0.462 e. The van der Waals surface area contributed by atoms with Gasteiger partial charge in [-0.2, -0.15) is 5.10 Å². The summed E-state index contributed by atoms with van der Waals surface area (Å²) >= 11 is 0. The number of aromatic nitrogens is 3. The van der Waals surface area contributed by atoms with Crippen molar-refractivity contribution in [3.05, 3.63) is 33.4 Å². The first-order valence-corrected chi connectivity index (χ1v) is 8.18. The van der Waals surface area contributed by atoms with Gasteiger partial charge in [0.15, 0.2) is 5.65 Å². The van der Waals surface area contributed by atoms with E-state index in [1.807, 2.05) is 0 Å². The van der Waals surface area contributed by atoms with E-state index in [2.05, 4.69) is 15.4 Å². The SMILES string of the molecule is Cc1nn2c(C3CCNCC3)cc(=O)[nH]c2c1C(=O)OCCCF. The second-order valence-electron chi connectivity index (χ2n) is 5.98. The molecule has 2 N–H and O–H groups in total. The number of halogens is 1. The van der Waals surface area contributed by atoms with Crippen LogP contribution < -0.4 is 10.9 Å². The lowest BCUT2D eigenvalue weighted by Crippen LogP contribution is -2.28. The number of hydrogen-bond donors (Lipinski definition) is 2. The van der Waals surface area contributed by atoms with Crippen molar-refractivity contribution in [2.24, 2.45) is 0 Å². The fraction of sp³-hybridized carbons (Fsp3) is 0.562. The third-order valence-electron chi connectivity index (χ3n) is 4.30. The number of fused-ring (bicyclic) bond motifs is 1. The minimum absolute atomic E-state index is 0.00430. The molecule has 0 amide bonds. The lowest BCUT2D eigenvalue weighted by atomic mass is 9.94. The predicted octanol–water partition coefficient (Wildman–Crippen LogP) is 1.31. The Hall–Kier alpha value is -2.22. The summed E-state index contributed by atoms with van der Waals surface area (Å²) in [6.07, 6.45) is 1.97. The lowest BCUT2D eigenvalue weighted by molar-refractivity contribution is 0.0495. The Labute approximate surface area is 138 Å². The van der Waals surface area contributed by atoms with Crippen LogP contribution in [0.2, 0.25) is 0 Å². The van der Waals surface area contributed by atoms with E-state index < -0.39 is 12.6 Å². The van der Waals surface area contributed by atoms with E-state index in [-0.39, 0.29) is 30.1 Å². The Morgan fingerprint density at radius 2 is 2.21 bits per heavy atom. The normalized spacial score (nSPS) is 15.8. The number of aryl methyl sites for hydroxylation is 1. The molecular weight excluding hydrogens is 315 g/mol. The second kappa shape index (κ2) is 7.12. The third-order valence-corrected chi connectivity index (χ3v) is 4.30. The van der Waals surface area contributed by atoms with Gasteiger partial charge in [0, 0.05) is 18.4 Å². The highest BCUT2D eigenvalue weighted by molar-refractivity contribution is 5.97. The zero-order valence-corrected chi connectivity index (χ0v) is 13.6. The van der Waals surface area contributed by atoms with Gasteiger partial charge >= 0.3 is 5.97 Å². The fourth-order valence-corrected chi connectivity index (χ4v) is 3.12. The number of hydrogen-bond acceptors (Lipinski definition) is 5. The van der Waals surface area contributed by atoms with Gasteiger partial charge in [-0.15, -0.1) is 0 Å². The van der Waals surface area contributed by atoms with Gasteiger partial charge in [0.05, 0.1) is 24.7 Å². The molecule has 3 rings (SSSR count). The highest BCUT2D eigenvalue weighted by Gasteiger charge is 2.24. The monoisotopic (exact) mass is 336 g/mol. The van der Waals surface area contributed by atoms with E-state index in [1.54, 1.807) is 17.5 Å². The Balaban J connectivity index is 2.02. The number of nitrogens with zero attached hydrogens (tertiary/aromatic N) is 2. The quantitative estimate of drug-likeness (QED) is 0.635. The number of carbonyl (C=O) groups excluding carboxylic acids is 1. The molecule has 130 valence electrons. The van der Waals surface area contributed by atoms with Crippen LogP contribution in [0, 0.1) is 6.92 Å². The molecule has 0 unspecified atom stereocenters. The topological polar surface area (TPSA) is 88.5 Å². The van der Waals surface area contributed by atoms with Crippen LogP contribution in [0.3, 0.4) is 0 Å². The van der Waals surface area contributed by atoms with Gasteiger partial charge < -0.3 is 15.0 Å². The van der Waals surface area contributed by atoms with Crippen molar-refractivity contribution in [1.82, 2.24) is 19.9 Å². The Morgan fingerprint density at radius 3 is 2.92 bits per heavy atom. The molecule has 1 aliphatic heterocycles. The van der Waals surface area contributed by atoms with Crippen LogP contribution in [-0.4, -0.2) is 46.9 Å². The van der Waals surface area contributed by atoms with Crippen molar-refractivity contribution in [3.8, 4) is 0 Å². The van der Waals surface area contributed by atoms with Gasteiger partial charge in [0.25, 0.3) is 5.56 Å². The first kappa shape index (κ1) is 16.6. The van der Waals surface area contributed by atoms with E-state index in [4.69, 9.17) is 4.74 Å². The highest BCUT2D eigenvalue weighted by atomic mass is 19.1. The minimum atomic E-state index is -0.589. The number of carbonyl (C=O) groups is 1. The second-order valence-corrected chi connectivity index (χ2v) is 5.98. The summed E-state index contributed by atoms with van der Waals surface area (Å²) in [6, 6.07) is 1.55. The van der Waals surface area contributed by atoms with Gasteiger partial charge in [-0.1, -0.05) is 0 Å². The van der Waals surface area contributed by atoms with Crippen LogP contribution in [0.15, 0.2) is 10.9 Å². The first-order valence-electron chi connectivity index (χ1n) is 8.18. The number of H-pyrrole nitrogens is 1. The van der Waals surface area contributed by atoms with Crippen molar-refractivity contribution >= 4 is 11.6 Å². The van der Waals surface area contributed by atoms with Gasteiger partial charge in [0.1, 0.15) is 5.56 Å². The van der Waals surface area contributed by atoms with Crippen molar-refractivity contribution in [3.63, 3.8) is 0 Å². The number of esters is 1. The van der Waals surface area contributed by atoms with E-state index in [0.29, 0.717) is 11.3 Å². The molecule has 2 aromatic rings. The van der Waals surface area contributed by atoms with Gasteiger partial charge in [-0.3, -0.25) is 9.18 Å². The lowest BCUT2D eigenvalue weighted by Gasteiger charge is -2.23. The van der Waals surface area contributed by atoms with Crippen LogP contribution in [0.25, 0.3) is 5.65 Å². The van der Waals surface area contributed by atoms with Gasteiger partial charge in [0.2, 0.25) is 0 Å². The Kier molecular flexibility index (Phi) is 4.94. The highest BCUT2D eigenvalue weighted by Crippen LogP contribution is 2.26. The van der Waals surface area contributed by atoms with Crippen LogP contribution in [0.5, 0.6) is 0 Å². The van der Waals surface area contributed by atoms with Crippen LogP contribution in [0.1, 0.15) is 46.9 Å². The number of ether oxygens (including phenoxy) is 1. The average molecular weight is 336 g/mol. The zero-order chi connectivity index (χ0) is 17.1. The Bertz CT molecular complexity index is 792. The third kappa shape index (κ3) is 3.19. The summed E-state index contributed by atoms with van der Waals surface area (Å²) in [6.45, 7) is 2.93. The Morgan fingerprint density at radius 1 is 1.46 bits per heavy atom. The summed E-state index contributed by atoms with van der Waals surface area (Å²) in [5.74, 6) is -0.375. The number of aromatic amines is 1. The molecule has 1 saturated heterocycles. The minimum Gasteiger partial charge on any atom is -0.462 e. The van der Waals surface area contributed by atoms with Crippen molar-refractivity contribution in [2.75, 3.05) is 26.4 Å². The maximum absolute atomic E-state index is 12.3. The number of alkyl halides is 1. The van der Waals surface area contributed by atoms with Gasteiger partial charge in [-0.25, -0.2) is 9.31 Å². The molecule has 7 nitrogen and oxygen atoms in total. The molecule has 0 saturated carbocycles. The number of nitrogens with one attached hydrogen (secondary N) is 2. The smallest absolute Gasteiger partial charge is 0.343 e. The fourth-order valence-electron chi connectivity index (χ4n) is 3.12. The molecule has 0 radical (unpaired) electrons. The molecule has 0 bridgehead atoms. The van der Waals surface area contributed by atoms with Crippen molar-refractivity contribution in [1.29, 1.82) is 0 Å². The van der Waals surface area contributed by atoms with Gasteiger partial charge in [-0.05, 0) is 32.9 Å². The maximum Gasteiger partial charge on any atom is 0.343 e. The summed E-state index contributed by atoms with van der Waals surface area (Å²) in [5, 5.41) is 7.72. The molecule has 1 aliphatic rings. The predicted molar refractivity (Wildman–Crippen MR) is 86.3 cm³/mol. The van der Waals surface area contributed by atoms with Crippen molar-refractivity contribution in [2.45, 2.75) is 32.1 Å². The summed E-state index contributed by atoms with van der Waals surface area (Å²) < 4.78 is 18.9. The van der Waals surface area contributed by atoms with Crippen LogP contribution in [0.4, 0.5) is 4.39 Å². The van der Waals surface area contributed by atoms with Crippen molar-refractivity contribution < 1.29 is 13.9 Å². The molecule has 0 spiro atoms. The van der Waals surface area contributed by atoms with E-state index in [9.17, 15) is 14.0 Å². The molecule has 1 fully saturated rings. The molecule has 3 heterocycles. The molecule has 0 aromatic carbocycles. The first-order chi connectivity index (χ1) is 11.6. The zero-order valence-electron chi connectivity index (χ0n) is 13.6. The maximum atomic E-state index is 12.3. The standard InChI is InChI=1S/C16H21FN4O3/c1-10-14(16(23)24-8-2-5-17)15-19-13(22)9-12(21(15)20-10)11-3-6-18-7-4-11/h9,11,18H,2-8H2,1H3,(H,19,22). The van der Waals surface area contributed by atoms with E-state index in [0.717, 1.165) is 31.6 Å². The summed E-state index contributed by atoms with van der Waals surface area (Å²) in [4.78, 5) is 27.0. The summed E-state index contributed by atoms with van der Waals surface area (Å²) in [5.41, 5.74) is 1.60.